The van der Waals surface area contributed by atoms with E-state index in [0.29, 0.717) is 44.6 Å². The highest BCUT2D eigenvalue weighted by molar-refractivity contribution is 5.35. The molecule has 0 aliphatic carbocycles. The molecule has 1 aliphatic heterocycles. The highest BCUT2D eigenvalue weighted by atomic mass is 19.1. The first kappa shape index (κ1) is 17.5. The Morgan fingerprint density at radius 1 is 1.12 bits per heavy atom. The van der Waals surface area contributed by atoms with E-state index in [4.69, 9.17) is 14.2 Å². The lowest BCUT2D eigenvalue weighted by atomic mass is 10.2. The first-order valence-corrected chi connectivity index (χ1v) is 7.92. The maximum atomic E-state index is 13.7. The molecule has 134 valence electrons. The fraction of sp³-hybridized carbons (Fsp3) is 0.412. The largest absolute Gasteiger partial charge is 0.473 e. The highest BCUT2D eigenvalue weighted by Gasteiger charge is 2.16. The van der Waals surface area contributed by atoms with Crippen molar-refractivity contribution in [2.45, 2.75) is 13.2 Å². The van der Waals surface area contributed by atoms with Crippen LogP contribution < -0.4 is 9.64 Å². The summed E-state index contributed by atoms with van der Waals surface area (Å²) in [6.07, 6.45) is 0. The van der Waals surface area contributed by atoms with Crippen molar-refractivity contribution in [1.29, 1.82) is 0 Å². The van der Waals surface area contributed by atoms with Crippen LogP contribution in [0.2, 0.25) is 0 Å². The van der Waals surface area contributed by atoms with Gasteiger partial charge in [-0.15, -0.1) is 0 Å². The van der Waals surface area contributed by atoms with Crippen molar-refractivity contribution in [3.63, 3.8) is 0 Å². The van der Waals surface area contributed by atoms with Gasteiger partial charge in [-0.3, -0.25) is 0 Å². The molecule has 8 heteroatoms. The zero-order chi connectivity index (χ0) is 17.6. The van der Waals surface area contributed by atoms with Crippen molar-refractivity contribution in [3.05, 3.63) is 47.2 Å². The molecule has 0 bridgehead atoms. The first-order valence-electron chi connectivity index (χ1n) is 7.92. The number of morpholine rings is 1. The molecule has 1 fully saturated rings. The number of benzene rings is 1. The predicted octanol–water partition coefficient (Wildman–Crippen LogP) is 2.32. The van der Waals surface area contributed by atoms with Crippen LogP contribution in [-0.4, -0.2) is 43.4 Å². The molecule has 0 spiro atoms. The number of nitrogens with zero attached hydrogens (tertiary/aromatic N) is 3. The summed E-state index contributed by atoms with van der Waals surface area (Å²) in [4.78, 5) is 10.8. The number of methoxy groups -OCH3 is 1. The third-order valence-corrected chi connectivity index (χ3v) is 3.71. The molecule has 1 aromatic heterocycles. The quantitative estimate of drug-likeness (QED) is 0.796. The Morgan fingerprint density at radius 3 is 2.68 bits per heavy atom. The molecule has 0 amide bonds. The zero-order valence-corrected chi connectivity index (χ0v) is 13.9. The van der Waals surface area contributed by atoms with Crippen LogP contribution in [0.25, 0.3) is 0 Å². The van der Waals surface area contributed by atoms with Gasteiger partial charge in [-0.25, -0.2) is 13.8 Å². The number of anilines is 1. The lowest BCUT2D eigenvalue weighted by Crippen LogP contribution is -2.37. The topological polar surface area (TPSA) is 56.7 Å². The van der Waals surface area contributed by atoms with Gasteiger partial charge in [-0.2, -0.15) is 4.98 Å². The standard InChI is InChI=1S/C17H19F2N3O3/c1-23-11-14-9-16(21-17(20-14)22-4-6-24-7-5-22)25-10-12-8-13(18)2-3-15(12)19/h2-3,8-9H,4-7,10-11H2,1H3. The summed E-state index contributed by atoms with van der Waals surface area (Å²) in [5.74, 6) is -0.252. The number of rotatable bonds is 6. The minimum absolute atomic E-state index is 0.125. The summed E-state index contributed by atoms with van der Waals surface area (Å²) in [6, 6.07) is 4.88. The summed E-state index contributed by atoms with van der Waals surface area (Å²) >= 11 is 0. The number of halogens is 2. The predicted molar refractivity (Wildman–Crippen MR) is 86.5 cm³/mol. The van der Waals surface area contributed by atoms with E-state index in [2.05, 4.69) is 9.97 Å². The highest BCUT2D eigenvalue weighted by Crippen LogP contribution is 2.19. The maximum absolute atomic E-state index is 13.7. The van der Waals surface area contributed by atoms with E-state index in [1.807, 2.05) is 4.90 Å². The second-order valence-corrected chi connectivity index (χ2v) is 5.55. The van der Waals surface area contributed by atoms with E-state index < -0.39 is 11.6 Å². The molecular weight excluding hydrogens is 332 g/mol. The van der Waals surface area contributed by atoms with Gasteiger partial charge in [0.15, 0.2) is 0 Å². The van der Waals surface area contributed by atoms with E-state index in [9.17, 15) is 8.78 Å². The summed E-state index contributed by atoms with van der Waals surface area (Å²) in [5, 5.41) is 0. The minimum Gasteiger partial charge on any atom is -0.473 e. The van der Waals surface area contributed by atoms with Crippen LogP contribution in [0.15, 0.2) is 24.3 Å². The van der Waals surface area contributed by atoms with Gasteiger partial charge in [0, 0.05) is 31.8 Å². The van der Waals surface area contributed by atoms with E-state index in [0.717, 1.165) is 18.2 Å². The van der Waals surface area contributed by atoms with Gasteiger partial charge >= 0.3 is 0 Å². The normalized spacial score (nSPS) is 14.6. The average molecular weight is 351 g/mol. The van der Waals surface area contributed by atoms with Crippen LogP contribution in [0.5, 0.6) is 5.88 Å². The molecule has 0 radical (unpaired) electrons. The second-order valence-electron chi connectivity index (χ2n) is 5.55. The van der Waals surface area contributed by atoms with Gasteiger partial charge in [0.1, 0.15) is 18.2 Å². The van der Waals surface area contributed by atoms with Crippen LogP contribution in [0.1, 0.15) is 11.3 Å². The molecule has 1 aromatic carbocycles. The molecule has 3 rings (SSSR count). The number of ether oxygens (including phenoxy) is 3. The van der Waals surface area contributed by atoms with Gasteiger partial charge in [0.2, 0.25) is 11.8 Å². The van der Waals surface area contributed by atoms with Crippen molar-refractivity contribution in [2.24, 2.45) is 0 Å². The summed E-state index contributed by atoms with van der Waals surface area (Å²) in [7, 11) is 1.57. The molecule has 1 saturated heterocycles. The first-order chi connectivity index (χ1) is 12.2. The summed E-state index contributed by atoms with van der Waals surface area (Å²) in [5.41, 5.74) is 0.772. The molecule has 2 heterocycles. The third-order valence-electron chi connectivity index (χ3n) is 3.71. The van der Waals surface area contributed by atoms with Crippen molar-refractivity contribution in [1.82, 2.24) is 9.97 Å². The van der Waals surface area contributed by atoms with E-state index in [1.165, 1.54) is 0 Å². The Morgan fingerprint density at radius 2 is 1.92 bits per heavy atom. The molecule has 2 aromatic rings. The number of hydrogen-bond donors (Lipinski definition) is 0. The SMILES string of the molecule is COCc1cc(OCc2cc(F)ccc2F)nc(N2CCOCC2)n1. The Balaban J connectivity index is 1.79. The van der Waals surface area contributed by atoms with Crippen molar-refractivity contribution < 1.29 is 23.0 Å². The molecule has 6 nitrogen and oxygen atoms in total. The third kappa shape index (κ3) is 4.61. The summed E-state index contributed by atoms with van der Waals surface area (Å²) in [6.45, 7) is 2.72. The van der Waals surface area contributed by atoms with Crippen molar-refractivity contribution >= 4 is 5.95 Å². The van der Waals surface area contributed by atoms with Gasteiger partial charge in [0.25, 0.3) is 0 Å². The average Bonchev–Trinajstić information content (AvgIpc) is 2.63. The Hall–Kier alpha value is -2.32. The molecule has 0 N–H and O–H groups in total. The second kappa shape index (κ2) is 8.17. The molecule has 1 aliphatic rings. The Labute approximate surface area is 144 Å². The van der Waals surface area contributed by atoms with Gasteiger partial charge in [-0.05, 0) is 18.2 Å². The lowest BCUT2D eigenvalue weighted by Gasteiger charge is -2.27. The van der Waals surface area contributed by atoms with Gasteiger partial charge in [-0.1, -0.05) is 0 Å². The van der Waals surface area contributed by atoms with Crippen molar-refractivity contribution in [2.75, 3.05) is 38.3 Å². The lowest BCUT2D eigenvalue weighted by molar-refractivity contribution is 0.121. The zero-order valence-electron chi connectivity index (χ0n) is 13.9. The van der Waals surface area contributed by atoms with E-state index in [-0.39, 0.29) is 18.1 Å². The van der Waals surface area contributed by atoms with Crippen LogP contribution in [0, 0.1) is 11.6 Å². The minimum atomic E-state index is -0.527. The van der Waals surface area contributed by atoms with Crippen LogP contribution in [0.3, 0.4) is 0 Å². The molecule has 0 saturated carbocycles. The molecule has 0 unspecified atom stereocenters. The molecule has 25 heavy (non-hydrogen) atoms. The van der Waals surface area contributed by atoms with E-state index in [1.54, 1.807) is 13.2 Å². The monoisotopic (exact) mass is 351 g/mol. The number of aromatic nitrogens is 2. The maximum Gasteiger partial charge on any atom is 0.229 e. The smallest absolute Gasteiger partial charge is 0.229 e. The van der Waals surface area contributed by atoms with Crippen molar-refractivity contribution in [3.8, 4) is 5.88 Å². The fourth-order valence-corrected chi connectivity index (χ4v) is 2.47. The fourth-order valence-electron chi connectivity index (χ4n) is 2.47. The van der Waals surface area contributed by atoms with Gasteiger partial charge < -0.3 is 19.1 Å². The van der Waals surface area contributed by atoms with Crippen LogP contribution in [-0.2, 0) is 22.7 Å². The Bertz CT molecular complexity index is 724. The Kier molecular flexibility index (Phi) is 5.72. The molecule has 0 atom stereocenters. The van der Waals surface area contributed by atoms with Gasteiger partial charge in [0.05, 0.1) is 25.5 Å². The van der Waals surface area contributed by atoms with E-state index >= 15 is 0 Å². The summed E-state index contributed by atoms with van der Waals surface area (Å²) < 4.78 is 43.0. The molecular formula is C17H19F2N3O3. The van der Waals surface area contributed by atoms with Crippen LogP contribution in [0.4, 0.5) is 14.7 Å². The van der Waals surface area contributed by atoms with Crippen LogP contribution >= 0.6 is 0 Å². The number of hydrogen-bond acceptors (Lipinski definition) is 6.